The SMILES string of the molecule is CCC(C)(C)C(=O)OCC(C)(C)CNS(C)(=O)=O. The monoisotopic (exact) mass is 279 g/mol. The summed E-state index contributed by atoms with van der Waals surface area (Å²) in [5, 5.41) is 0. The minimum atomic E-state index is -3.22. The van der Waals surface area contributed by atoms with E-state index in [1.165, 1.54) is 0 Å². The van der Waals surface area contributed by atoms with Crippen molar-refractivity contribution in [2.24, 2.45) is 10.8 Å². The first-order valence-electron chi connectivity index (χ1n) is 6.01. The largest absolute Gasteiger partial charge is 0.465 e. The summed E-state index contributed by atoms with van der Waals surface area (Å²) in [6.07, 6.45) is 1.81. The highest BCUT2D eigenvalue weighted by Crippen LogP contribution is 2.23. The lowest BCUT2D eigenvalue weighted by Crippen LogP contribution is -2.38. The fraction of sp³-hybridized carbons (Fsp3) is 0.917. The second-order valence-electron chi connectivity index (χ2n) is 6.07. The van der Waals surface area contributed by atoms with Crippen molar-refractivity contribution in [3.8, 4) is 0 Å². The van der Waals surface area contributed by atoms with Crippen molar-refractivity contribution in [2.45, 2.75) is 41.0 Å². The molecule has 1 N–H and O–H groups in total. The van der Waals surface area contributed by atoms with Gasteiger partial charge in [-0.2, -0.15) is 0 Å². The lowest BCUT2D eigenvalue weighted by molar-refractivity contribution is -0.157. The number of esters is 1. The van der Waals surface area contributed by atoms with Gasteiger partial charge in [0, 0.05) is 12.0 Å². The van der Waals surface area contributed by atoms with Gasteiger partial charge in [0.2, 0.25) is 10.0 Å². The van der Waals surface area contributed by atoms with E-state index in [4.69, 9.17) is 4.74 Å². The molecular formula is C12H25NO4S. The highest BCUT2D eigenvalue weighted by molar-refractivity contribution is 7.88. The van der Waals surface area contributed by atoms with Gasteiger partial charge in [0.05, 0.1) is 18.3 Å². The summed E-state index contributed by atoms with van der Waals surface area (Å²) >= 11 is 0. The standard InChI is InChI=1S/C12H25NO4S/c1-7-12(4,5)10(14)17-9-11(2,3)8-13-18(6,15)16/h13H,7-9H2,1-6H3. The third-order valence-corrected chi connectivity index (χ3v) is 3.51. The fourth-order valence-corrected chi connectivity index (χ4v) is 1.63. The van der Waals surface area contributed by atoms with E-state index >= 15 is 0 Å². The Hall–Kier alpha value is -0.620. The number of hydrogen-bond donors (Lipinski definition) is 1. The topological polar surface area (TPSA) is 72.5 Å². The Labute approximate surface area is 110 Å². The van der Waals surface area contributed by atoms with Crippen molar-refractivity contribution in [3.05, 3.63) is 0 Å². The molecule has 0 aliphatic carbocycles. The maximum atomic E-state index is 11.8. The molecule has 0 fully saturated rings. The van der Waals surface area contributed by atoms with Gasteiger partial charge in [-0.05, 0) is 20.3 Å². The minimum absolute atomic E-state index is 0.192. The molecule has 0 heterocycles. The minimum Gasteiger partial charge on any atom is -0.465 e. The molecule has 0 aliphatic rings. The molecule has 0 saturated carbocycles. The summed E-state index contributed by atoms with van der Waals surface area (Å²) in [5.74, 6) is -0.252. The molecule has 0 spiro atoms. The van der Waals surface area contributed by atoms with E-state index in [1.807, 2.05) is 34.6 Å². The molecule has 0 amide bonds. The van der Waals surface area contributed by atoms with Crippen LogP contribution in [0.25, 0.3) is 0 Å². The van der Waals surface area contributed by atoms with E-state index < -0.39 is 20.9 Å². The van der Waals surface area contributed by atoms with Crippen LogP contribution in [-0.2, 0) is 19.6 Å². The maximum Gasteiger partial charge on any atom is 0.311 e. The molecule has 6 heteroatoms. The van der Waals surface area contributed by atoms with Gasteiger partial charge in [-0.25, -0.2) is 13.1 Å². The van der Waals surface area contributed by atoms with Crippen molar-refractivity contribution in [2.75, 3.05) is 19.4 Å². The van der Waals surface area contributed by atoms with E-state index in [1.54, 1.807) is 0 Å². The molecule has 0 rings (SSSR count). The number of ether oxygens (including phenoxy) is 1. The third kappa shape index (κ3) is 6.96. The first kappa shape index (κ1) is 17.4. The summed E-state index contributed by atoms with van der Waals surface area (Å²) in [7, 11) is -3.22. The van der Waals surface area contributed by atoms with E-state index in [2.05, 4.69) is 4.72 Å². The Kier molecular flexibility index (Phi) is 5.81. The molecule has 0 aromatic rings. The zero-order valence-corrected chi connectivity index (χ0v) is 13.0. The van der Waals surface area contributed by atoms with Crippen LogP contribution in [0.2, 0.25) is 0 Å². The summed E-state index contributed by atoms with van der Waals surface area (Å²) in [4.78, 5) is 11.8. The van der Waals surface area contributed by atoms with Crippen molar-refractivity contribution < 1.29 is 17.9 Å². The summed E-state index contributed by atoms with van der Waals surface area (Å²) in [5.41, 5.74) is -0.928. The molecule has 0 aliphatic heterocycles. The van der Waals surface area contributed by atoms with E-state index in [0.29, 0.717) is 6.42 Å². The predicted molar refractivity (Wildman–Crippen MR) is 71.7 cm³/mol. The van der Waals surface area contributed by atoms with Crippen LogP contribution in [0.1, 0.15) is 41.0 Å². The second kappa shape index (κ2) is 6.02. The van der Waals surface area contributed by atoms with Gasteiger partial charge in [0.15, 0.2) is 0 Å². The van der Waals surface area contributed by atoms with Crippen molar-refractivity contribution >= 4 is 16.0 Å². The smallest absolute Gasteiger partial charge is 0.311 e. The van der Waals surface area contributed by atoms with Gasteiger partial charge in [0.25, 0.3) is 0 Å². The number of nitrogens with one attached hydrogen (secondary N) is 1. The Balaban J connectivity index is 4.31. The fourth-order valence-electron chi connectivity index (χ4n) is 0.978. The summed E-state index contributed by atoms with van der Waals surface area (Å²) < 4.78 is 29.7. The Morgan fingerprint density at radius 2 is 1.72 bits per heavy atom. The average molecular weight is 279 g/mol. The lowest BCUT2D eigenvalue weighted by atomic mass is 9.90. The van der Waals surface area contributed by atoms with Crippen LogP contribution in [0.3, 0.4) is 0 Å². The number of sulfonamides is 1. The molecular weight excluding hydrogens is 254 g/mol. The normalized spacial score (nSPS) is 13.4. The molecule has 0 unspecified atom stereocenters. The second-order valence-corrected chi connectivity index (χ2v) is 7.90. The van der Waals surface area contributed by atoms with Crippen molar-refractivity contribution in [3.63, 3.8) is 0 Å². The van der Waals surface area contributed by atoms with Crippen molar-refractivity contribution in [1.29, 1.82) is 0 Å². The predicted octanol–water partition coefficient (Wildman–Crippen LogP) is 1.54. The summed E-state index contributed by atoms with van der Waals surface area (Å²) in [6, 6.07) is 0. The van der Waals surface area contributed by atoms with Crippen LogP contribution in [0.15, 0.2) is 0 Å². The van der Waals surface area contributed by atoms with Crippen LogP contribution in [0, 0.1) is 10.8 Å². The zero-order valence-electron chi connectivity index (χ0n) is 12.2. The average Bonchev–Trinajstić information content (AvgIpc) is 2.22. The molecule has 0 radical (unpaired) electrons. The van der Waals surface area contributed by atoms with Gasteiger partial charge < -0.3 is 4.74 Å². The Bertz CT molecular complexity index is 385. The lowest BCUT2D eigenvalue weighted by Gasteiger charge is -2.27. The molecule has 0 aromatic carbocycles. The van der Waals surface area contributed by atoms with E-state index in [9.17, 15) is 13.2 Å². The van der Waals surface area contributed by atoms with Gasteiger partial charge >= 0.3 is 5.97 Å². The van der Waals surface area contributed by atoms with Crippen LogP contribution in [-0.4, -0.2) is 33.8 Å². The van der Waals surface area contributed by atoms with Crippen LogP contribution in [0.5, 0.6) is 0 Å². The quantitative estimate of drug-likeness (QED) is 0.718. The maximum absolute atomic E-state index is 11.8. The molecule has 5 nitrogen and oxygen atoms in total. The number of carbonyl (C=O) groups is 1. The first-order chi connectivity index (χ1) is 7.90. The third-order valence-electron chi connectivity index (χ3n) is 2.84. The highest BCUT2D eigenvalue weighted by atomic mass is 32.2. The Morgan fingerprint density at radius 3 is 2.11 bits per heavy atom. The number of carbonyl (C=O) groups excluding carboxylic acids is 1. The van der Waals surface area contributed by atoms with Gasteiger partial charge in [-0.3, -0.25) is 4.79 Å². The van der Waals surface area contributed by atoms with Crippen molar-refractivity contribution in [1.82, 2.24) is 4.72 Å². The van der Waals surface area contributed by atoms with Gasteiger partial charge in [0.1, 0.15) is 0 Å². The first-order valence-corrected chi connectivity index (χ1v) is 7.91. The zero-order chi connectivity index (χ0) is 14.6. The van der Waals surface area contributed by atoms with E-state index in [-0.39, 0.29) is 19.1 Å². The van der Waals surface area contributed by atoms with Crippen LogP contribution < -0.4 is 4.72 Å². The highest BCUT2D eigenvalue weighted by Gasteiger charge is 2.29. The Morgan fingerprint density at radius 1 is 1.22 bits per heavy atom. The van der Waals surface area contributed by atoms with Gasteiger partial charge in [-0.15, -0.1) is 0 Å². The molecule has 0 atom stereocenters. The number of rotatable bonds is 7. The molecule has 0 bridgehead atoms. The van der Waals surface area contributed by atoms with E-state index in [0.717, 1.165) is 6.26 Å². The molecule has 0 saturated heterocycles. The molecule has 18 heavy (non-hydrogen) atoms. The molecule has 0 aromatic heterocycles. The van der Waals surface area contributed by atoms with Crippen LogP contribution in [0.4, 0.5) is 0 Å². The van der Waals surface area contributed by atoms with Gasteiger partial charge in [-0.1, -0.05) is 20.8 Å². The molecule has 108 valence electrons. The number of hydrogen-bond acceptors (Lipinski definition) is 4. The summed E-state index contributed by atoms with van der Waals surface area (Å²) in [6.45, 7) is 9.71. The van der Waals surface area contributed by atoms with Crippen LogP contribution >= 0.6 is 0 Å².